The molecule has 2 rings (SSSR count). The van der Waals surface area contributed by atoms with Crippen molar-refractivity contribution in [3.05, 3.63) is 30.1 Å². The zero-order valence-electron chi connectivity index (χ0n) is 7.16. The van der Waals surface area contributed by atoms with Crippen molar-refractivity contribution in [2.24, 2.45) is 0 Å². The number of rotatable bonds is 1. The van der Waals surface area contributed by atoms with Crippen molar-refractivity contribution < 1.29 is 9.18 Å². The van der Waals surface area contributed by atoms with E-state index in [4.69, 9.17) is 12.2 Å². The summed E-state index contributed by atoms with van der Waals surface area (Å²) in [5, 5.41) is 2.94. The van der Waals surface area contributed by atoms with Crippen LogP contribution in [0.2, 0.25) is 0 Å². The molecule has 1 aromatic carbocycles. The zero-order valence-corrected chi connectivity index (χ0v) is 7.97. The van der Waals surface area contributed by atoms with Gasteiger partial charge in [0.2, 0.25) is 0 Å². The fourth-order valence-corrected chi connectivity index (χ4v) is 1.57. The number of halogens is 1. The summed E-state index contributed by atoms with van der Waals surface area (Å²) in [5.74, 6) is -0.688. The van der Waals surface area contributed by atoms with Gasteiger partial charge in [-0.15, -0.1) is 0 Å². The van der Waals surface area contributed by atoms with Gasteiger partial charge in [-0.25, -0.2) is 4.39 Å². The predicted molar refractivity (Wildman–Crippen MR) is 54.5 cm³/mol. The standard InChI is InChI=1S/C9H7FN2OS/c10-6-3-1-2-4-7(6)12-8(13)5-11-9(12)14/h1-4H,5H2,(H,11,14). The Bertz CT molecular complexity index is 392. The molecule has 1 saturated heterocycles. The number of carbonyl (C=O) groups excluding carboxylic acids is 1. The van der Waals surface area contributed by atoms with E-state index in [1.165, 1.54) is 17.0 Å². The quantitative estimate of drug-likeness (QED) is 0.703. The Balaban J connectivity index is 2.44. The highest BCUT2D eigenvalue weighted by Crippen LogP contribution is 2.20. The average molecular weight is 210 g/mol. The monoisotopic (exact) mass is 210 g/mol. The largest absolute Gasteiger partial charge is 0.353 e. The summed E-state index contributed by atoms with van der Waals surface area (Å²) in [4.78, 5) is 12.5. The fraction of sp³-hybridized carbons (Fsp3) is 0.111. The van der Waals surface area contributed by atoms with E-state index in [-0.39, 0.29) is 23.3 Å². The maximum absolute atomic E-state index is 13.3. The van der Waals surface area contributed by atoms with Gasteiger partial charge in [0, 0.05) is 0 Å². The van der Waals surface area contributed by atoms with Crippen LogP contribution in [0.5, 0.6) is 0 Å². The van der Waals surface area contributed by atoms with Gasteiger partial charge in [-0.3, -0.25) is 9.69 Å². The van der Waals surface area contributed by atoms with Gasteiger partial charge in [-0.2, -0.15) is 0 Å². The first kappa shape index (κ1) is 9.08. The van der Waals surface area contributed by atoms with Crippen molar-refractivity contribution in [3.63, 3.8) is 0 Å². The summed E-state index contributed by atoms with van der Waals surface area (Å²) < 4.78 is 13.3. The molecule has 1 heterocycles. The highest BCUT2D eigenvalue weighted by Gasteiger charge is 2.28. The van der Waals surface area contributed by atoms with Gasteiger partial charge < -0.3 is 5.32 Å². The van der Waals surface area contributed by atoms with E-state index < -0.39 is 5.82 Å². The predicted octanol–water partition coefficient (Wildman–Crippen LogP) is 1.05. The second-order valence-electron chi connectivity index (χ2n) is 2.84. The third-order valence-electron chi connectivity index (χ3n) is 1.94. The summed E-state index contributed by atoms with van der Waals surface area (Å²) in [7, 11) is 0. The lowest BCUT2D eigenvalue weighted by atomic mass is 10.3. The van der Waals surface area contributed by atoms with Crippen LogP contribution in [-0.4, -0.2) is 17.6 Å². The molecule has 0 atom stereocenters. The molecule has 0 radical (unpaired) electrons. The topological polar surface area (TPSA) is 32.3 Å². The number of thiocarbonyl (C=S) groups is 1. The Labute approximate surface area is 85.5 Å². The van der Waals surface area contributed by atoms with Gasteiger partial charge in [0.15, 0.2) is 5.11 Å². The van der Waals surface area contributed by atoms with Crippen LogP contribution < -0.4 is 10.2 Å². The van der Waals surface area contributed by atoms with Crippen LogP contribution in [0, 0.1) is 5.82 Å². The van der Waals surface area contributed by atoms with Gasteiger partial charge in [0.05, 0.1) is 12.2 Å². The number of hydrogen-bond acceptors (Lipinski definition) is 2. The van der Waals surface area contributed by atoms with Gasteiger partial charge in [0.1, 0.15) is 5.82 Å². The number of carbonyl (C=O) groups is 1. The molecule has 0 aliphatic carbocycles. The molecule has 0 saturated carbocycles. The lowest BCUT2D eigenvalue weighted by molar-refractivity contribution is -0.115. The first-order valence-electron chi connectivity index (χ1n) is 4.05. The number of para-hydroxylation sites is 1. The number of nitrogens with one attached hydrogen (secondary N) is 1. The Morgan fingerprint density at radius 2 is 2.14 bits per heavy atom. The maximum atomic E-state index is 13.3. The Kier molecular flexibility index (Phi) is 2.17. The minimum atomic E-state index is -0.452. The highest BCUT2D eigenvalue weighted by molar-refractivity contribution is 7.80. The highest BCUT2D eigenvalue weighted by atomic mass is 32.1. The summed E-state index contributed by atoms with van der Waals surface area (Å²) in [6.45, 7) is 0.132. The number of anilines is 1. The van der Waals surface area contributed by atoms with E-state index in [1.807, 2.05) is 0 Å². The number of amides is 1. The van der Waals surface area contributed by atoms with Gasteiger partial charge in [-0.05, 0) is 24.4 Å². The van der Waals surface area contributed by atoms with E-state index in [1.54, 1.807) is 12.1 Å². The first-order valence-corrected chi connectivity index (χ1v) is 4.46. The first-order chi connectivity index (χ1) is 6.70. The van der Waals surface area contributed by atoms with Gasteiger partial charge >= 0.3 is 0 Å². The summed E-state index contributed by atoms with van der Waals surface area (Å²) in [6, 6.07) is 6.04. The van der Waals surface area contributed by atoms with Crippen LogP contribution >= 0.6 is 12.2 Å². The molecule has 3 nitrogen and oxygen atoms in total. The third kappa shape index (κ3) is 1.35. The molecule has 1 aromatic rings. The van der Waals surface area contributed by atoms with E-state index in [0.29, 0.717) is 0 Å². The average Bonchev–Trinajstić information content (AvgIpc) is 2.48. The third-order valence-corrected chi connectivity index (χ3v) is 2.26. The van der Waals surface area contributed by atoms with Crippen molar-refractivity contribution >= 4 is 28.9 Å². The van der Waals surface area contributed by atoms with Gasteiger partial charge in [0.25, 0.3) is 5.91 Å². The second kappa shape index (κ2) is 3.34. The van der Waals surface area contributed by atoms with Crippen molar-refractivity contribution in [3.8, 4) is 0 Å². The molecule has 0 unspecified atom stereocenters. The second-order valence-corrected chi connectivity index (χ2v) is 3.23. The SMILES string of the molecule is O=C1CNC(=S)N1c1ccccc1F. The van der Waals surface area contributed by atoms with E-state index >= 15 is 0 Å². The molecule has 1 aliphatic rings. The van der Waals surface area contributed by atoms with Crippen LogP contribution in [0.15, 0.2) is 24.3 Å². The van der Waals surface area contributed by atoms with Crippen LogP contribution in [0.3, 0.4) is 0 Å². The minimum absolute atomic E-state index is 0.132. The van der Waals surface area contributed by atoms with Crippen molar-refractivity contribution in [2.45, 2.75) is 0 Å². The van der Waals surface area contributed by atoms with Crippen molar-refractivity contribution in [1.29, 1.82) is 0 Å². The molecule has 14 heavy (non-hydrogen) atoms. The van der Waals surface area contributed by atoms with Crippen LogP contribution in [0.1, 0.15) is 0 Å². The summed E-state index contributed by atoms with van der Waals surface area (Å²) in [6.07, 6.45) is 0. The number of hydrogen-bond donors (Lipinski definition) is 1. The van der Waals surface area contributed by atoms with E-state index in [9.17, 15) is 9.18 Å². The zero-order chi connectivity index (χ0) is 10.1. The van der Waals surface area contributed by atoms with Crippen LogP contribution in [0.4, 0.5) is 10.1 Å². The molecule has 5 heteroatoms. The number of benzene rings is 1. The molecular weight excluding hydrogens is 203 g/mol. The molecule has 0 bridgehead atoms. The molecule has 0 spiro atoms. The Morgan fingerprint density at radius 3 is 2.71 bits per heavy atom. The smallest absolute Gasteiger partial charge is 0.252 e. The summed E-state index contributed by atoms with van der Waals surface area (Å²) >= 11 is 4.89. The normalized spacial score (nSPS) is 15.9. The molecule has 1 fully saturated rings. The van der Waals surface area contributed by atoms with E-state index in [0.717, 1.165) is 0 Å². The number of nitrogens with zero attached hydrogens (tertiary/aromatic N) is 1. The summed E-state index contributed by atoms with van der Waals surface area (Å²) in [5.41, 5.74) is 0.201. The van der Waals surface area contributed by atoms with E-state index in [2.05, 4.69) is 5.32 Å². The minimum Gasteiger partial charge on any atom is -0.353 e. The lowest BCUT2D eigenvalue weighted by Crippen LogP contribution is -2.31. The molecular formula is C9H7FN2OS. The molecule has 1 aliphatic heterocycles. The Morgan fingerprint density at radius 1 is 1.43 bits per heavy atom. The van der Waals surface area contributed by atoms with Crippen molar-refractivity contribution in [1.82, 2.24) is 5.32 Å². The molecule has 0 aromatic heterocycles. The molecule has 1 N–H and O–H groups in total. The van der Waals surface area contributed by atoms with Gasteiger partial charge in [-0.1, -0.05) is 12.1 Å². The fourth-order valence-electron chi connectivity index (χ4n) is 1.30. The van der Waals surface area contributed by atoms with Crippen molar-refractivity contribution in [2.75, 3.05) is 11.4 Å². The maximum Gasteiger partial charge on any atom is 0.252 e. The lowest BCUT2D eigenvalue weighted by Gasteiger charge is -2.14. The van der Waals surface area contributed by atoms with Crippen LogP contribution in [0.25, 0.3) is 0 Å². The van der Waals surface area contributed by atoms with Crippen LogP contribution in [-0.2, 0) is 4.79 Å². The molecule has 1 amide bonds. The Hall–Kier alpha value is -1.49. The molecule has 72 valence electrons.